The number of carbonyl (C=O) groups excluding carboxylic acids is 1. The van der Waals surface area contributed by atoms with Crippen LogP contribution >= 0.6 is 0 Å². The fourth-order valence-corrected chi connectivity index (χ4v) is 1.81. The highest BCUT2D eigenvalue weighted by atomic mass is 16.5. The van der Waals surface area contributed by atoms with Gasteiger partial charge in [-0.25, -0.2) is 0 Å². The summed E-state index contributed by atoms with van der Waals surface area (Å²) < 4.78 is 5.25. The predicted octanol–water partition coefficient (Wildman–Crippen LogP) is 0.254. The van der Waals surface area contributed by atoms with Crippen molar-refractivity contribution >= 4 is 5.91 Å². The van der Waals surface area contributed by atoms with Crippen molar-refractivity contribution in [3.05, 3.63) is 29.8 Å². The van der Waals surface area contributed by atoms with E-state index >= 15 is 0 Å². The third kappa shape index (κ3) is 3.72. The molecule has 5 nitrogen and oxygen atoms in total. The number of phenolic OH excluding ortho intramolecular Hbond substituents is 1. The number of amides is 1. The summed E-state index contributed by atoms with van der Waals surface area (Å²) in [5.41, 5.74) is 0.509. The van der Waals surface area contributed by atoms with Gasteiger partial charge in [-0.3, -0.25) is 9.69 Å². The predicted molar refractivity (Wildman–Crippen MR) is 66.5 cm³/mol. The quantitative estimate of drug-likeness (QED) is 0.803. The number of hydrogen-bond acceptors (Lipinski definition) is 4. The summed E-state index contributed by atoms with van der Waals surface area (Å²) in [6, 6.07) is 7.11. The Labute approximate surface area is 106 Å². The minimum absolute atomic E-state index is 0.0415. The van der Waals surface area contributed by atoms with Crippen LogP contribution in [0.5, 0.6) is 5.75 Å². The number of carbonyl (C=O) groups is 1. The van der Waals surface area contributed by atoms with Crippen molar-refractivity contribution in [2.45, 2.75) is 0 Å². The molecule has 1 aromatic rings. The number of aromatic hydroxyl groups is 1. The van der Waals surface area contributed by atoms with Crippen LogP contribution in [0.4, 0.5) is 0 Å². The van der Waals surface area contributed by atoms with E-state index in [1.54, 1.807) is 6.07 Å². The minimum atomic E-state index is -0.139. The van der Waals surface area contributed by atoms with Gasteiger partial charge < -0.3 is 15.2 Å². The maximum absolute atomic E-state index is 11.7. The van der Waals surface area contributed by atoms with Crippen molar-refractivity contribution in [2.75, 3.05) is 39.4 Å². The highest BCUT2D eigenvalue weighted by molar-refractivity contribution is 5.94. The van der Waals surface area contributed by atoms with Crippen molar-refractivity contribution in [3.63, 3.8) is 0 Å². The normalized spacial score (nSPS) is 16.4. The van der Waals surface area contributed by atoms with Crippen LogP contribution in [-0.4, -0.2) is 55.3 Å². The molecule has 0 atom stereocenters. The minimum Gasteiger partial charge on any atom is -0.507 e. The van der Waals surface area contributed by atoms with E-state index in [-0.39, 0.29) is 11.7 Å². The Morgan fingerprint density at radius 1 is 1.44 bits per heavy atom. The van der Waals surface area contributed by atoms with Gasteiger partial charge in [-0.15, -0.1) is 0 Å². The Kier molecular flexibility index (Phi) is 4.55. The van der Waals surface area contributed by atoms with Crippen molar-refractivity contribution in [1.82, 2.24) is 10.2 Å². The van der Waals surface area contributed by atoms with Crippen LogP contribution < -0.4 is 5.32 Å². The zero-order valence-corrected chi connectivity index (χ0v) is 10.2. The van der Waals surface area contributed by atoms with Gasteiger partial charge in [-0.1, -0.05) is 0 Å². The molecule has 0 aromatic heterocycles. The van der Waals surface area contributed by atoms with E-state index in [9.17, 15) is 4.79 Å². The number of benzene rings is 1. The first-order valence-electron chi connectivity index (χ1n) is 6.05. The first-order chi connectivity index (χ1) is 8.75. The Bertz CT molecular complexity index is 386. The number of phenols is 1. The van der Waals surface area contributed by atoms with Crippen LogP contribution in [0.25, 0.3) is 0 Å². The number of nitrogens with one attached hydrogen (secondary N) is 1. The zero-order chi connectivity index (χ0) is 12.8. The third-order valence-electron chi connectivity index (χ3n) is 2.88. The van der Waals surface area contributed by atoms with Gasteiger partial charge in [0.05, 0.1) is 13.2 Å². The van der Waals surface area contributed by atoms with E-state index in [1.807, 2.05) is 0 Å². The van der Waals surface area contributed by atoms with Crippen LogP contribution in [0.2, 0.25) is 0 Å². The second-order valence-corrected chi connectivity index (χ2v) is 4.17. The first kappa shape index (κ1) is 12.9. The number of rotatable bonds is 4. The summed E-state index contributed by atoms with van der Waals surface area (Å²) in [6.07, 6.45) is 0. The lowest BCUT2D eigenvalue weighted by molar-refractivity contribution is 0.0383. The molecule has 2 N–H and O–H groups in total. The van der Waals surface area contributed by atoms with Crippen molar-refractivity contribution in [3.8, 4) is 5.75 Å². The molecule has 1 radical (unpaired) electrons. The fraction of sp³-hybridized carbons (Fsp3) is 0.462. The average Bonchev–Trinajstić information content (AvgIpc) is 2.40. The molecule has 1 heterocycles. The Morgan fingerprint density at radius 2 is 2.22 bits per heavy atom. The van der Waals surface area contributed by atoms with Gasteiger partial charge in [0.25, 0.3) is 5.91 Å². The van der Waals surface area contributed by atoms with Gasteiger partial charge in [-0.2, -0.15) is 0 Å². The van der Waals surface area contributed by atoms with E-state index in [1.165, 1.54) is 12.1 Å². The van der Waals surface area contributed by atoms with Crippen molar-refractivity contribution < 1.29 is 14.6 Å². The van der Waals surface area contributed by atoms with E-state index in [0.29, 0.717) is 12.1 Å². The van der Waals surface area contributed by atoms with Crippen molar-refractivity contribution in [1.29, 1.82) is 0 Å². The molecule has 2 rings (SSSR count). The summed E-state index contributed by atoms with van der Waals surface area (Å²) in [6.45, 7) is 4.81. The lowest BCUT2D eigenvalue weighted by atomic mass is 10.2. The second kappa shape index (κ2) is 6.37. The molecule has 0 aliphatic carbocycles. The van der Waals surface area contributed by atoms with E-state index in [0.717, 1.165) is 32.8 Å². The van der Waals surface area contributed by atoms with Crippen LogP contribution in [0, 0.1) is 6.07 Å². The Hall–Kier alpha value is -1.59. The molecule has 0 saturated carbocycles. The maximum atomic E-state index is 11.7. The van der Waals surface area contributed by atoms with Crippen LogP contribution in [0.15, 0.2) is 18.2 Å². The zero-order valence-electron chi connectivity index (χ0n) is 10.2. The molecular formula is C13H17N2O3. The van der Waals surface area contributed by atoms with Gasteiger partial charge in [-0.05, 0) is 18.2 Å². The lowest BCUT2D eigenvalue weighted by Crippen LogP contribution is -2.41. The highest BCUT2D eigenvalue weighted by Gasteiger charge is 2.10. The van der Waals surface area contributed by atoms with E-state index in [4.69, 9.17) is 9.84 Å². The molecule has 97 valence electrons. The molecule has 0 spiro atoms. The molecular weight excluding hydrogens is 232 g/mol. The lowest BCUT2D eigenvalue weighted by Gasteiger charge is -2.26. The van der Waals surface area contributed by atoms with Gasteiger partial charge >= 0.3 is 0 Å². The maximum Gasteiger partial charge on any atom is 0.251 e. The second-order valence-electron chi connectivity index (χ2n) is 4.17. The molecule has 5 heteroatoms. The SMILES string of the molecule is O=C(NCCN1CCOCC1)c1c[c]c(O)cc1. The molecule has 1 saturated heterocycles. The van der Waals surface area contributed by atoms with Gasteiger partial charge in [0.15, 0.2) is 0 Å². The molecule has 1 fully saturated rings. The van der Waals surface area contributed by atoms with Crippen LogP contribution in [0.3, 0.4) is 0 Å². The topological polar surface area (TPSA) is 61.8 Å². The highest BCUT2D eigenvalue weighted by Crippen LogP contribution is 2.08. The largest absolute Gasteiger partial charge is 0.507 e. The summed E-state index contributed by atoms with van der Waals surface area (Å²) >= 11 is 0. The first-order valence-corrected chi connectivity index (χ1v) is 6.05. The van der Waals surface area contributed by atoms with Crippen LogP contribution in [-0.2, 0) is 4.74 Å². The fourth-order valence-electron chi connectivity index (χ4n) is 1.81. The smallest absolute Gasteiger partial charge is 0.251 e. The molecule has 1 aliphatic heterocycles. The number of nitrogens with zero attached hydrogens (tertiary/aromatic N) is 1. The molecule has 0 unspecified atom stereocenters. The molecule has 1 aliphatic rings. The third-order valence-corrected chi connectivity index (χ3v) is 2.88. The van der Waals surface area contributed by atoms with Gasteiger partial charge in [0.1, 0.15) is 5.75 Å². The standard InChI is InChI=1S/C13H17N2O3/c16-12-3-1-11(2-4-12)13(17)14-5-6-15-7-9-18-10-8-15/h1-3,16H,5-10H2,(H,14,17). The summed E-state index contributed by atoms with van der Waals surface area (Å²) in [5.74, 6) is -0.0978. The number of ether oxygens (including phenoxy) is 1. The van der Waals surface area contributed by atoms with Crippen molar-refractivity contribution in [2.24, 2.45) is 0 Å². The van der Waals surface area contributed by atoms with Gasteiger partial charge in [0, 0.05) is 37.8 Å². The van der Waals surface area contributed by atoms with Gasteiger partial charge in [0.2, 0.25) is 0 Å². The summed E-state index contributed by atoms with van der Waals surface area (Å²) in [7, 11) is 0. The Balaban J connectivity index is 1.72. The van der Waals surface area contributed by atoms with E-state index < -0.39 is 0 Å². The molecule has 0 bridgehead atoms. The van der Waals surface area contributed by atoms with E-state index in [2.05, 4.69) is 16.3 Å². The molecule has 1 amide bonds. The van der Waals surface area contributed by atoms with Crippen LogP contribution in [0.1, 0.15) is 10.4 Å². The Morgan fingerprint density at radius 3 is 2.89 bits per heavy atom. The summed E-state index contributed by atoms with van der Waals surface area (Å²) in [4.78, 5) is 14.0. The summed E-state index contributed by atoms with van der Waals surface area (Å²) in [5, 5.41) is 11.9. The number of hydrogen-bond donors (Lipinski definition) is 2. The number of morpholine rings is 1. The molecule has 18 heavy (non-hydrogen) atoms. The monoisotopic (exact) mass is 249 g/mol. The molecule has 1 aromatic carbocycles. The average molecular weight is 249 g/mol.